The number of hydrogen-bond donors (Lipinski definition) is 0. The van der Waals surface area contributed by atoms with Crippen LogP contribution < -0.4 is 15.1 Å². The Morgan fingerprint density at radius 1 is 1.15 bits per heavy atom. The third kappa shape index (κ3) is 4.14. The van der Waals surface area contributed by atoms with Crippen molar-refractivity contribution in [3.63, 3.8) is 0 Å². The number of methoxy groups -OCH3 is 1. The maximum atomic E-state index is 12.3. The van der Waals surface area contributed by atoms with E-state index in [2.05, 4.69) is 0 Å². The second kappa shape index (κ2) is 7.84. The molecular formula is C21H19ClO5. The zero-order chi connectivity index (χ0) is 19.6. The first-order valence-electron chi connectivity index (χ1n) is 8.46. The standard InChI is InChI=1S/C21H19ClO5/c1-12-10-14(22)4-8-18(12)26-20(23)9-7-17-13(2)16-6-5-15(25-3)11-19(16)27-21(17)24/h4-6,8,10-11H,7,9H2,1-3H3. The van der Waals surface area contributed by atoms with Gasteiger partial charge in [0.25, 0.3) is 0 Å². The smallest absolute Gasteiger partial charge is 0.339 e. The molecule has 0 saturated carbocycles. The first-order chi connectivity index (χ1) is 12.9. The molecule has 0 saturated heterocycles. The number of rotatable bonds is 5. The van der Waals surface area contributed by atoms with Crippen LogP contribution >= 0.6 is 11.6 Å². The van der Waals surface area contributed by atoms with Gasteiger partial charge in [0.2, 0.25) is 0 Å². The molecule has 3 rings (SSSR count). The topological polar surface area (TPSA) is 65.7 Å². The maximum absolute atomic E-state index is 12.3. The maximum Gasteiger partial charge on any atom is 0.339 e. The fraction of sp³-hybridized carbons (Fsp3) is 0.238. The molecule has 0 radical (unpaired) electrons. The molecule has 2 aromatic carbocycles. The van der Waals surface area contributed by atoms with E-state index in [9.17, 15) is 9.59 Å². The number of benzene rings is 2. The third-order valence-electron chi connectivity index (χ3n) is 4.43. The molecule has 0 aliphatic rings. The lowest BCUT2D eigenvalue weighted by molar-refractivity contribution is -0.134. The molecule has 0 atom stereocenters. The lowest BCUT2D eigenvalue weighted by Gasteiger charge is -2.10. The molecule has 3 aromatic rings. The highest BCUT2D eigenvalue weighted by molar-refractivity contribution is 6.30. The molecule has 140 valence electrons. The summed E-state index contributed by atoms with van der Waals surface area (Å²) in [6, 6.07) is 10.3. The van der Waals surface area contributed by atoms with E-state index in [1.807, 2.05) is 19.9 Å². The number of carbonyl (C=O) groups is 1. The summed E-state index contributed by atoms with van der Waals surface area (Å²) >= 11 is 5.90. The van der Waals surface area contributed by atoms with E-state index in [0.29, 0.717) is 27.7 Å². The van der Waals surface area contributed by atoms with Gasteiger partial charge in [-0.15, -0.1) is 0 Å². The lowest BCUT2D eigenvalue weighted by atomic mass is 10.0. The van der Waals surface area contributed by atoms with Crippen LogP contribution in [0.15, 0.2) is 45.6 Å². The van der Waals surface area contributed by atoms with Gasteiger partial charge in [-0.05, 0) is 61.7 Å². The van der Waals surface area contributed by atoms with Crippen molar-refractivity contribution in [1.82, 2.24) is 0 Å². The van der Waals surface area contributed by atoms with Gasteiger partial charge in [0, 0.05) is 22.0 Å². The van der Waals surface area contributed by atoms with Gasteiger partial charge < -0.3 is 13.9 Å². The Balaban J connectivity index is 1.78. The van der Waals surface area contributed by atoms with Gasteiger partial charge in [-0.3, -0.25) is 4.79 Å². The van der Waals surface area contributed by atoms with E-state index in [0.717, 1.165) is 16.5 Å². The molecule has 27 heavy (non-hydrogen) atoms. The van der Waals surface area contributed by atoms with Crippen LogP contribution in [0.5, 0.6) is 11.5 Å². The van der Waals surface area contributed by atoms with E-state index in [-0.39, 0.29) is 12.8 Å². The van der Waals surface area contributed by atoms with Gasteiger partial charge >= 0.3 is 11.6 Å². The number of hydrogen-bond acceptors (Lipinski definition) is 5. The summed E-state index contributed by atoms with van der Waals surface area (Å²) in [6.45, 7) is 3.65. The summed E-state index contributed by atoms with van der Waals surface area (Å²) in [5.41, 5.74) is 2.03. The van der Waals surface area contributed by atoms with Crippen molar-refractivity contribution >= 4 is 28.5 Å². The first kappa shape index (κ1) is 19.0. The number of esters is 1. The predicted octanol–water partition coefficient (Wildman–Crippen LogP) is 4.61. The van der Waals surface area contributed by atoms with Crippen LogP contribution in [0.4, 0.5) is 0 Å². The van der Waals surface area contributed by atoms with Crippen molar-refractivity contribution in [2.45, 2.75) is 26.7 Å². The summed E-state index contributed by atoms with van der Waals surface area (Å²) in [6.07, 6.45) is 0.303. The normalized spacial score (nSPS) is 10.8. The highest BCUT2D eigenvalue weighted by Gasteiger charge is 2.15. The molecule has 0 N–H and O–H groups in total. The van der Waals surface area contributed by atoms with Gasteiger partial charge in [-0.25, -0.2) is 4.79 Å². The highest BCUT2D eigenvalue weighted by Crippen LogP contribution is 2.25. The van der Waals surface area contributed by atoms with E-state index in [1.54, 1.807) is 37.4 Å². The SMILES string of the molecule is COc1ccc2c(C)c(CCC(=O)Oc3ccc(Cl)cc3C)c(=O)oc2c1. The van der Waals surface area contributed by atoms with Crippen molar-refractivity contribution < 1.29 is 18.7 Å². The Labute approximate surface area is 161 Å². The van der Waals surface area contributed by atoms with E-state index < -0.39 is 11.6 Å². The Morgan fingerprint density at radius 3 is 2.63 bits per heavy atom. The van der Waals surface area contributed by atoms with Gasteiger partial charge in [-0.2, -0.15) is 0 Å². The van der Waals surface area contributed by atoms with Crippen LogP contribution in [0.1, 0.15) is 23.1 Å². The van der Waals surface area contributed by atoms with Crippen LogP contribution in [-0.4, -0.2) is 13.1 Å². The molecule has 5 nitrogen and oxygen atoms in total. The highest BCUT2D eigenvalue weighted by atomic mass is 35.5. The molecule has 1 aromatic heterocycles. The number of fused-ring (bicyclic) bond motifs is 1. The molecule has 0 bridgehead atoms. The Morgan fingerprint density at radius 2 is 1.93 bits per heavy atom. The zero-order valence-corrected chi connectivity index (χ0v) is 16.1. The van der Waals surface area contributed by atoms with Crippen LogP contribution in [-0.2, 0) is 11.2 Å². The summed E-state index contributed by atoms with van der Waals surface area (Å²) < 4.78 is 15.9. The lowest BCUT2D eigenvalue weighted by Crippen LogP contribution is -2.15. The fourth-order valence-corrected chi connectivity index (χ4v) is 3.15. The summed E-state index contributed by atoms with van der Waals surface area (Å²) in [7, 11) is 1.55. The zero-order valence-electron chi connectivity index (χ0n) is 15.3. The fourth-order valence-electron chi connectivity index (χ4n) is 2.92. The minimum absolute atomic E-state index is 0.0648. The quantitative estimate of drug-likeness (QED) is 0.364. The molecule has 6 heteroatoms. The molecule has 0 spiro atoms. The number of halogens is 1. The molecule has 0 aliphatic carbocycles. The largest absolute Gasteiger partial charge is 0.497 e. The van der Waals surface area contributed by atoms with Gasteiger partial charge in [0.1, 0.15) is 17.1 Å². The Hall–Kier alpha value is -2.79. The van der Waals surface area contributed by atoms with Crippen molar-refractivity contribution in [2.24, 2.45) is 0 Å². The van der Waals surface area contributed by atoms with Crippen LogP contribution in [0.3, 0.4) is 0 Å². The van der Waals surface area contributed by atoms with E-state index >= 15 is 0 Å². The van der Waals surface area contributed by atoms with Crippen LogP contribution in [0.2, 0.25) is 5.02 Å². The monoisotopic (exact) mass is 386 g/mol. The average Bonchev–Trinajstić information content (AvgIpc) is 2.63. The summed E-state index contributed by atoms with van der Waals surface area (Å²) in [5.74, 6) is 0.646. The molecule has 0 unspecified atom stereocenters. The van der Waals surface area contributed by atoms with E-state index in [1.165, 1.54) is 0 Å². The van der Waals surface area contributed by atoms with Gasteiger partial charge in [0.05, 0.1) is 13.5 Å². The minimum Gasteiger partial charge on any atom is -0.497 e. The third-order valence-corrected chi connectivity index (χ3v) is 4.67. The predicted molar refractivity (Wildman–Crippen MR) is 104 cm³/mol. The Kier molecular flexibility index (Phi) is 5.51. The molecule has 0 fully saturated rings. The summed E-state index contributed by atoms with van der Waals surface area (Å²) in [4.78, 5) is 24.5. The first-order valence-corrected chi connectivity index (χ1v) is 8.84. The molecule has 1 heterocycles. The average molecular weight is 387 g/mol. The van der Waals surface area contributed by atoms with Crippen molar-refractivity contribution in [2.75, 3.05) is 7.11 Å². The second-order valence-electron chi connectivity index (χ2n) is 6.24. The van der Waals surface area contributed by atoms with E-state index in [4.69, 9.17) is 25.5 Å². The van der Waals surface area contributed by atoms with Crippen molar-refractivity contribution in [3.8, 4) is 11.5 Å². The van der Waals surface area contributed by atoms with Crippen molar-refractivity contribution in [3.05, 3.63) is 68.5 Å². The van der Waals surface area contributed by atoms with Crippen LogP contribution in [0, 0.1) is 13.8 Å². The molecule has 0 aliphatic heterocycles. The van der Waals surface area contributed by atoms with Gasteiger partial charge in [0.15, 0.2) is 0 Å². The Bertz CT molecular complexity index is 1070. The number of ether oxygens (including phenoxy) is 2. The van der Waals surface area contributed by atoms with Gasteiger partial charge in [-0.1, -0.05) is 11.6 Å². The molecule has 0 amide bonds. The van der Waals surface area contributed by atoms with Crippen LogP contribution in [0.25, 0.3) is 11.0 Å². The van der Waals surface area contributed by atoms with Crippen molar-refractivity contribution in [1.29, 1.82) is 0 Å². The molecular weight excluding hydrogens is 368 g/mol. The number of aryl methyl sites for hydroxylation is 2. The second-order valence-corrected chi connectivity index (χ2v) is 6.68. The minimum atomic E-state index is -0.455. The summed E-state index contributed by atoms with van der Waals surface area (Å²) in [5, 5.41) is 1.39. The number of carbonyl (C=O) groups excluding carboxylic acids is 1.